The summed E-state index contributed by atoms with van der Waals surface area (Å²) < 4.78 is 0. The zero-order valence-electron chi connectivity index (χ0n) is 18.9. The Morgan fingerprint density at radius 2 is 1.58 bits per heavy atom. The third-order valence-corrected chi connectivity index (χ3v) is 5.61. The minimum absolute atomic E-state index is 0.00530. The van der Waals surface area contributed by atoms with Crippen LogP contribution >= 0.6 is 0 Å². The summed E-state index contributed by atoms with van der Waals surface area (Å²) in [7, 11) is 0. The van der Waals surface area contributed by atoms with Crippen molar-refractivity contribution in [1.82, 2.24) is 15.3 Å². The quantitative estimate of drug-likeness (QED) is 0.361. The Labute approximate surface area is 193 Å². The molecule has 4 aromatic rings. The van der Waals surface area contributed by atoms with E-state index in [1.54, 1.807) is 6.07 Å². The molecule has 0 atom stereocenters. The SMILES string of the molecule is CCC(=O)Nc1ccc(Cc2nc3ccc(C(=O)NCc4ccc(CC)cc4)cc3[nH]2)cc1. The molecular formula is C27H28N4O2. The van der Waals surface area contributed by atoms with Crippen LogP contribution in [0.5, 0.6) is 0 Å². The second-order valence-electron chi connectivity index (χ2n) is 8.04. The second kappa shape index (κ2) is 10.1. The number of rotatable bonds is 8. The highest BCUT2D eigenvalue weighted by atomic mass is 16.2. The lowest BCUT2D eigenvalue weighted by molar-refractivity contribution is -0.115. The summed E-state index contributed by atoms with van der Waals surface area (Å²) in [5.41, 5.74) is 6.47. The van der Waals surface area contributed by atoms with E-state index in [2.05, 4.69) is 39.7 Å². The number of aromatic nitrogens is 2. The van der Waals surface area contributed by atoms with E-state index in [0.29, 0.717) is 24.9 Å². The number of hydrogen-bond donors (Lipinski definition) is 3. The van der Waals surface area contributed by atoms with Gasteiger partial charge in [-0.2, -0.15) is 0 Å². The summed E-state index contributed by atoms with van der Waals surface area (Å²) in [4.78, 5) is 32.1. The minimum atomic E-state index is -0.114. The first-order valence-corrected chi connectivity index (χ1v) is 11.3. The Hall–Kier alpha value is -3.93. The first kappa shape index (κ1) is 22.3. The van der Waals surface area contributed by atoms with Crippen molar-refractivity contribution in [3.05, 3.63) is 94.8 Å². The fraction of sp³-hybridized carbons (Fsp3) is 0.222. The molecule has 0 unspecified atom stereocenters. The van der Waals surface area contributed by atoms with Crippen molar-refractivity contribution < 1.29 is 9.59 Å². The van der Waals surface area contributed by atoms with E-state index in [-0.39, 0.29) is 11.8 Å². The molecule has 3 N–H and O–H groups in total. The number of hydrogen-bond acceptors (Lipinski definition) is 3. The molecule has 2 amide bonds. The van der Waals surface area contributed by atoms with Crippen LogP contribution in [0.25, 0.3) is 11.0 Å². The first-order chi connectivity index (χ1) is 16.0. The third kappa shape index (κ3) is 5.66. The Kier molecular flexibility index (Phi) is 6.83. The van der Waals surface area contributed by atoms with Crippen LogP contribution in [0.15, 0.2) is 66.7 Å². The summed E-state index contributed by atoms with van der Waals surface area (Å²) in [6.07, 6.45) is 2.08. The normalized spacial score (nSPS) is 10.8. The molecule has 0 radical (unpaired) electrons. The molecule has 33 heavy (non-hydrogen) atoms. The van der Waals surface area contributed by atoms with Gasteiger partial charge in [0.05, 0.1) is 11.0 Å². The second-order valence-corrected chi connectivity index (χ2v) is 8.04. The van der Waals surface area contributed by atoms with Gasteiger partial charge in [-0.25, -0.2) is 4.98 Å². The van der Waals surface area contributed by atoms with Crippen LogP contribution in [0.2, 0.25) is 0 Å². The van der Waals surface area contributed by atoms with E-state index in [1.165, 1.54) is 5.56 Å². The number of imidazole rings is 1. The molecule has 3 aromatic carbocycles. The number of anilines is 1. The van der Waals surface area contributed by atoms with Gasteiger partial charge >= 0.3 is 0 Å². The average molecular weight is 441 g/mol. The lowest BCUT2D eigenvalue weighted by Crippen LogP contribution is -2.22. The molecule has 0 aliphatic heterocycles. The van der Waals surface area contributed by atoms with Crippen molar-refractivity contribution >= 4 is 28.5 Å². The number of benzene rings is 3. The van der Waals surface area contributed by atoms with Crippen LogP contribution in [-0.4, -0.2) is 21.8 Å². The molecule has 168 valence electrons. The van der Waals surface area contributed by atoms with Gasteiger partial charge in [-0.3, -0.25) is 9.59 Å². The van der Waals surface area contributed by atoms with E-state index in [9.17, 15) is 9.59 Å². The Bertz CT molecular complexity index is 1260. The van der Waals surface area contributed by atoms with E-state index in [1.807, 2.05) is 55.5 Å². The van der Waals surface area contributed by atoms with Crippen LogP contribution in [0.1, 0.15) is 53.1 Å². The maximum absolute atomic E-state index is 12.6. The van der Waals surface area contributed by atoms with Gasteiger partial charge in [0.15, 0.2) is 0 Å². The van der Waals surface area contributed by atoms with Gasteiger partial charge in [-0.15, -0.1) is 0 Å². The number of fused-ring (bicyclic) bond motifs is 1. The topological polar surface area (TPSA) is 86.9 Å². The Morgan fingerprint density at radius 1 is 0.879 bits per heavy atom. The maximum atomic E-state index is 12.6. The van der Waals surface area contributed by atoms with Crippen molar-refractivity contribution in [2.24, 2.45) is 0 Å². The van der Waals surface area contributed by atoms with Crippen molar-refractivity contribution in [2.75, 3.05) is 5.32 Å². The molecule has 1 heterocycles. The third-order valence-electron chi connectivity index (χ3n) is 5.61. The summed E-state index contributed by atoms with van der Waals surface area (Å²) in [6, 6.07) is 21.5. The summed E-state index contributed by atoms with van der Waals surface area (Å²) >= 11 is 0. The Morgan fingerprint density at radius 3 is 2.27 bits per heavy atom. The number of carbonyl (C=O) groups is 2. The zero-order valence-corrected chi connectivity index (χ0v) is 18.9. The van der Waals surface area contributed by atoms with Crippen molar-refractivity contribution in [2.45, 2.75) is 39.7 Å². The predicted octanol–water partition coefficient (Wildman–Crippen LogP) is 4.99. The molecule has 6 heteroatoms. The van der Waals surface area contributed by atoms with Crippen LogP contribution in [-0.2, 0) is 24.2 Å². The molecule has 1 aromatic heterocycles. The van der Waals surface area contributed by atoms with Gasteiger partial charge in [0.2, 0.25) is 5.91 Å². The van der Waals surface area contributed by atoms with Crippen molar-refractivity contribution in [3.63, 3.8) is 0 Å². The fourth-order valence-corrected chi connectivity index (χ4v) is 3.61. The van der Waals surface area contributed by atoms with Crippen LogP contribution in [0.4, 0.5) is 5.69 Å². The number of nitrogens with one attached hydrogen (secondary N) is 3. The first-order valence-electron chi connectivity index (χ1n) is 11.3. The number of amides is 2. The highest BCUT2D eigenvalue weighted by molar-refractivity contribution is 5.97. The van der Waals surface area contributed by atoms with Gasteiger partial charge in [0.25, 0.3) is 5.91 Å². The fourth-order valence-electron chi connectivity index (χ4n) is 3.61. The van der Waals surface area contributed by atoms with Gasteiger partial charge in [0.1, 0.15) is 5.82 Å². The van der Waals surface area contributed by atoms with E-state index in [0.717, 1.165) is 40.1 Å². The molecule has 0 aliphatic rings. The maximum Gasteiger partial charge on any atom is 0.251 e. The van der Waals surface area contributed by atoms with Crippen molar-refractivity contribution in [3.8, 4) is 0 Å². The van der Waals surface area contributed by atoms with Crippen LogP contribution < -0.4 is 10.6 Å². The lowest BCUT2D eigenvalue weighted by Gasteiger charge is -2.06. The molecule has 0 saturated carbocycles. The zero-order chi connectivity index (χ0) is 23.2. The number of aromatic amines is 1. The van der Waals surface area contributed by atoms with Crippen LogP contribution in [0.3, 0.4) is 0 Å². The number of H-pyrrole nitrogens is 1. The minimum Gasteiger partial charge on any atom is -0.348 e. The van der Waals surface area contributed by atoms with E-state index < -0.39 is 0 Å². The lowest BCUT2D eigenvalue weighted by atomic mass is 10.1. The number of nitrogens with zero attached hydrogens (tertiary/aromatic N) is 1. The summed E-state index contributed by atoms with van der Waals surface area (Å²) in [5, 5.41) is 5.83. The monoisotopic (exact) mass is 440 g/mol. The molecular weight excluding hydrogens is 412 g/mol. The molecule has 0 aliphatic carbocycles. The van der Waals surface area contributed by atoms with Gasteiger partial charge in [0, 0.05) is 30.6 Å². The van der Waals surface area contributed by atoms with E-state index in [4.69, 9.17) is 0 Å². The molecule has 6 nitrogen and oxygen atoms in total. The van der Waals surface area contributed by atoms with Crippen molar-refractivity contribution in [1.29, 1.82) is 0 Å². The predicted molar refractivity (Wildman–Crippen MR) is 131 cm³/mol. The summed E-state index contributed by atoms with van der Waals surface area (Å²) in [6.45, 7) is 4.44. The Balaban J connectivity index is 1.40. The largest absolute Gasteiger partial charge is 0.348 e. The summed E-state index contributed by atoms with van der Waals surface area (Å²) in [5.74, 6) is 0.704. The van der Waals surface area contributed by atoms with Gasteiger partial charge in [-0.05, 0) is 53.4 Å². The number of carbonyl (C=O) groups excluding carboxylic acids is 2. The smallest absolute Gasteiger partial charge is 0.251 e. The highest BCUT2D eigenvalue weighted by Crippen LogP contribution is 2.18. The van der Waals surface area contributed by atoms with Crippen LogP contribution in [0, 0.1) is 0 Å². The molecule has 0 spiro atoms. The average Bonchev–Trinajstić information content (AvgIpc) is 3.25. The molecule has 0 saturated heterocycles. The molecule has 0 bridgehead atoms. The molecule has 0 fully saturated rings. The van der Waals surface area contributed by atoms with E-state index >= 15 is 0 Å². The number of aryl methyl sites for hydroxylation is 1. The standard InChI is InChI=1S/C27H28N4O2/c1-3-18-5-7-20(8-6-18)17-28-27(33)21-11-14-23-24(16-21)31-25(30-23)15-19-9-12-22(13-10-19)29-26(32)4-2/h5-14,16H,3-4,15,17H2,1-2H3,(H,28,33)(H,29,32)(H,30,31). The highest BCUT2D eigenvalue weighted by Gasteiger charge is 2.10. The van der Waals surface area contributed by atoms with Gasteiger partial charge in [-0.1, -0.05) is 50.2 Å². The molecule has 4 rings (SSSR count). The van der Waals surface area contributed by atoms with Gasteiger partial charge < -0.3 is 15.6 Å².